The molecule has 1 saturated carbocycles. The summed E-state index contributed by atoms with van der Waals surface area (Å²) >= 11 is 0. The van der Waals surface area contributed by atoms with E-state index in [0.29, 0.717) is 19.5 Å². The molecule has 1 amide bonds. The maximum Gasteiger partial charge on any atom is 0.306 e. The molecule has 0 aromatic heterocycles. The van der Waals surface area contributed by atoms with Crippen LogP contribution in [0.25, 0.3) is 0 Å². The van der Waals surface area contributed by atoms with Crippen LogP contribution in [0, 0.1) is 11.8 Å². The third-order valence-corrected chi connectivity index (χ3v) is 3.45. The van der Waals surface area contributed by atoms with Gasteiger partial charge in [0.25, 0.3) is 0 Å². The molecule has 1 aliphatic rings. The number of amides is 1. The first kappa shape index (κ1) is 13.0. The molecule has 4 heteroatoms. The Morgan fingerprint density at radius 2 is 1.75 bits per heavy atom. The summed E-state index contributed by atoms with van der Waals surface area (Å²) in [6.07, 6.45) is 2.94. The minimum Gasteiger partial charge on any atom is -0.481 e. The van der Waals surface area contributed by atoms with Gasteiger partial charge in [-0.2, -0.15) is 0 Å². The van der Waals surface area contributed by atoms with Gasteiger partial charge in [0.1, 0.15) is 0 Å². The number of carbonyl (C=O) groups is 2. The number of rotatable bonds is 4. The van der Waals surface area contributed by atoms with Crippen molar-refractivity contribution in [3.63, 3.8) is 0 Å². The normalized spacial score (nSPS) is 25.1. The summed E-state index contributed by atoms with van der Waals surface area (Å²) in [4.78, 5) is 24.8. The average Bonchev–Trinajstić information content (AvgIpc) is 2.30. The Kier molecular flexibility index (Phi) is 4.77. The molecule has 1 aliphatic carbocycles. The molecule has 4 nitrogen and oxygen atoms in total. The van der Waals surface area contributed by atoms with Crippen molar-refractivity contribution >= 4 is 11.9 Å². The van der Waals surface area contributed by atoms with Gasteiger partial charge in [0.05, 0.1) is 5.92 Å². The van der Waals surface area contributed by atoms with Gasteiger partial charge in [-0.25, -0.2) is 0 Å². The lowest BCUT2D eigenvalue weighted by Crippen LogP contribution is -2.38. The maximum atomic E-state index is 12.1. The summed E-state index contributed by atoms with van der Waals surface area (Å²) < 4.78 is 0. The van der Waals surface area contributed by atoms with Gasteiger partial charge < -0.3 is 10.0 Å². The molecule has 0 aliphatic heterocycles. The lowest BCUT2D eigenvalue weighted by Gasteiger charge is -2.30. The van der Waals surface area contributed by atoms with E-state index in [0.717, 1.165) is 19.3 Å². The Balaban J connectivity index is 2.59. The molecule has 16 heavy (non-hydrogen) atoms. The van der Waals surface area contributed by atoms with Crippen LogP contribution in [-0.4, -0.2) is 35.0 Å². The first-order chi connectivity index (χ1) is 7.60. The highest BCUT2D eigenvalue weighted by molar-refractivity contribution is 5.80. The van der Waals surface area contributed by atoms with Crippen LogP contribution in [0.2, 0.25) is 0 Å². The molecule has 2 atom stereocenters. The van der Waals surface area contributed by atoms with E-state index in [4.69, 9.17) is 5.11 Å². The highest BCUT2D eigenvalue weighted by atomic mass is 16.4. The molecular formula is C12H21NO3. The Morgan fingerprint density at radius 1 is 1.19 bits per heavy atom. The van der Waals surface area contributed by atoms with E-state index >= 15 is 0 Å². The fraction of sp³-hybridized carbons (Fsp3) is 0.833. The van der Waals surface area contributed by atoms with E-state index in [2.05, 4.69) is 0 Å². The van der Waals surface area contributed by atoms with E-state index in [9.17, 15) is 9.59 Å². The fourth-order valence-corrected chi connectivity index (χ4v) is 2.43. The van der Waals surface area contributed by atoms with Gasteiger partial charge >= 0.3 is 5.97 Å². The van der Waals surface area contributed by atoms with E-state index in [-0.39, 0.29) is 17.7 Å². The van der Waals surface area contributed by atoms with Crippen LogP contribution in [0.1, 0.15) is 39.5 Å². The minimum atomic E-state index is -0.753. The summed E-state index contributed by atoms with van der Waals surface area (Å²) in [5, 5.41) is 8.97. The summed E-state index contributed by atoms with van der Waals surface area (Å²) in [7, 11) is 0. The van der Waals surface area contributed by atoms with Gasteiger partial charge in [-0.05, 0) is 33.1 Å². The predicted octanol–water partition coefficient (Wildman–Crippen LogP) is 1.75. The topological polar surface area (TPSA) is 57.6 Å². The third kappa shape index (κ3) is 2.97. The Bertz CT molecular complexity index is 261. The molecule has 0 radical (unpaired) electrons. The van der Waals surface area contributed by atoms with Gasteiger partial charge in [-0.1, -0.05) is 6.42 Å². The Morgan fingerprint density at radius 3 is 2.25 bits per heavy atom. The van der Waals surface area contributed by atoms with Crippen LogP contribution in [0.3, 0.4) is 0 Å². The molecule has 0 aromatic rings. The highest BCUT2D eigenvalue weighted by Crippen LogP contribution is 2.30. The number of carboxylic acid groups (broad SMARTS) is 1. The molecule has 0 saturated heterocycles. The number of carboxylic acids is 1. The summed E-state index contributed by atoms with van der Waals surface area (Å²) in [5.74, 6) is -1.01. The number of aliphatic carboxylic acids is 1. The largest absolute Gasteiger partial charge is 0.481 e. The minimum absolute atomic E-state index is 0.0743. The molecule has 0 aromatic carbocycles. The third-order valence-electron chi connectivity index (χ3n) is 3.45. The molecule has 1 N–H and O–H groups in total. The maximum absolute atomic E-state index is 12.1. The second-order valence-electron chi connectivity index (χ2n) is 4.41. The molecule has 1 rings (SSSR count). The molecule has 0 bridgehead atoms. The molecule has 0 unspecified atom stereocenters. The van der Waals surface area contributed by atoms with Crippen molar-refractivity contribution in [1.82, 2.24) is 4.90 Å². The zero-order valence-corrected chi connectivity index (χ0v) is 10.1. The van der Waals surface area contributed by atoms with Crippen LogP contribution in [-0.2, 0) is 9.59 Å². The zero-order chi connectivity index (χ0) is 12.1. The van der Waals surface area contributed by atoms with Gasteiger partial charge in [0.15, 0.2) is 0 Å². The van der Waals surface area contributed by atoms with Gasteiger partial charge in [-0.15, -0.1) is 0 Å². The highest BCUT2D eigenvalue weighted by Gasteiger charge is 2.32. The zero-order valence-electron chi connectivity index (χ0n) is 10.1. The molecule has 1 fully saturated rings. The van der Waals surface area contributed by atoms with Crippen LogP contribution in [0.15, 0.2) is 0 Å². The van der Waals surface area contributed by atoms with Gasteiger partial charge in [0, 0.05) is 19.0 Å². The average molecular weight is 227 g/mol. The van der Waals surface area contributed by atoms with E-state index in [1.54, 1.807) is 4.90 Å². The summed E-state index contributed by atoms with van der Waals surface area (Å²) in [6, 6.07) is 0. The lowest BCUT2D eigenvalue weighted by molar-refractivity contribution is -0.145. The second-order valence-corrected chi connectivity index (χ2v) is 4.41. The smallest absolute Gasteiger partial charge is 0.306 e. The summed E-state index contributed by atoms with van der Waals surface area (Å²) in [6.45, 7) is 5.34. The van der Waals surface area contributed by atoms with E-state index in [1.165, 1.54) is 0 Å². The number of hydrogen-bond acceptors (Lipinski definition) is 2. The monoisotopic (exact) mass is 227 g/mol. The number of nitrogens with zero attached hydrogens (tertiary/aromatic N) is 1. The van der Waals surface area contributed by atoms with Crippen molar-refractivity contribution < 1.29 is 14.7 Å². The number of carbonyl (C=O) groups excluding carboxylic acids is 1. The van der Waals surface area contributed by atoms with Crippen molar-refractivity contribution in [3.8, 4) is 0 Å². The Hall–Kier alpha value is -1.06. The van der Waals surface area contributed by atoms with E-state index in [1.807, 2.05) is 13.8 Å². The van der Waals surface area contributed by atoms with E-state index < -0.39 is 5.97 Å². The van der Waals surface area contributed by atoms with Crippen molar-refractivity contribution in [2.45, 2.75) is 39.5 Å². The van der Waals surface area contributed by atoms with Gasteiger partial charge in [0.2, 0.25) is 5.91 Å². The van der Waals surface area contributed by atoms with Crippen LogP contribution in [0.5, 0.6) is 0 Å². The number of hydrogen-bond donors (Lipinski definition) is 1. The van der Waals surface area contributed by atoms with Crippen LogP contribution in [0.4, 0.5) is 0 Å². The van der Waals surface area contributed by atoms with Crippen LogP contribution >= 0.6 is 0 Å². The van der Waals surface area contributed by atoms with Crippen molar-refractivity contribution in [2.24, 2.45) is 11.8 Å². The van der Waals surface area contributed by atoms with Gasteiger partial charge in [-0.3, -0.25) is 9.59 Å². The predicted molar refractivity (Wildman–Crippen MR) is 61.0 cm³/mol. The van der Waals surface area contributed by atoms with Crippen molar-refractivity contribution in [2.75, 3.05) is 13.1 Å². The molecular weight excluding hydrogens is 206 g/mol. The first-order valence-electron chi connectivity index (χ1n) is 6.11. The molecule has 92 valence electrons. The molecule has 0 spiro atoms. The Labute approximate surface area is 96.6 Å². The van der Waals surface area contributed by atoms with Crippen molar-refractivity contribution in [3.05, 3.63) is 0 Å². The lowest BCUT2D eigenvalue weighted by atomic mass is 9.81. The molecule has 0 heterocycles. The fourth-order valence-electron chi connectivity index (χ4n) is 2.43. The second kappa shape index (κ2) is 5.87. The van der Waals surface area contributed by atoms with Crippen molar-refractivity contribution in [1.29, 1.82) is 0 Å². The SMILES string of the molecule is CCN(CC)C(=O)[C@H]1CCC[C@@H](C(=O)O)C1. The first-order valence-corrected chi connectivity index (χ1v) is 6.11. The van der Waals surface area contributed by atoms with Crippen LogP contribution < -0.4 is 0 Å². The quantitative estimate of drug-likeness (QED) is 0.796. The summed E-state index contributed by atoms with van der Waals surface area (Å²) in [5.41, 5.74) is 0. The standard InChI is InChI=1S/C12H21NO3/c1-3-13(4-2)11(14)9-6-5-7-10(8-9)12(15)16/h9-10H,3-8H2,1-2H3,(H,15,16)/t9-,10+/m0/s1.